The van der Waals surface area contributed by atoms with E-state index in [-0.39, 0.29) is 0 Å². The monoisotopic (exact) mass is 327 g/mol. The highest BCUT2D eigenvalue weighted by Gasteiger charge is 2.53. The predicted molar refractivity (Wildman–Crippen MR) is 93.0 cm³/mol. The number of nitrogens with zero attached hydrogens (tertiary/aromatic N) is 3. The van der Waals surface area contributed by atoms with Crippen molar-refractivity contribution in [2.75, 3.05) is 36.3 Å². The van der Waals surface area contributed by atoms with Crippen LogP contribution in [0.5, 0.6) is 5.75 Å². The number of methoxy groups -OCH3 is 1. The molecule has 2 aliphatic rings. The maximum Gasteiger partial charge on any atom is 0.225 e. The molecule has 1 aliphatic carbocycles. The van der Waals surface area contributed by atoms with Crippen LogP contribution in [0.2, 0.25) is 0 Å². The van der Waals surface area contributed by atoms with Gasteiger partial charge in [0.2, 0.25) is 5.95 Å². The summed E-state index contributed by atoms with van der Waals surface area (Å²) in [6.07, 6.45) is 1.59. The first kappa shape index (κ1) is 15.0. The summed E-state index contributed by atoms with van der Waals surface area (Å²) in [5.41, 5.74) is 7.20. The maximum absolute atomic E-state index is 6.20. The van der Waals surface area contributed by atoms with Crippen LogP contribution in [0.4, 0.5) is 23.1 Å². The number of piperidine rings is 1. The minimum absolute atomic E-state index is 0.427. The Morgan fingerprint density at radius 1 is 1.25 bits per heavy atom. The first-order valence-electron chi connectivity index (χ1n) is 7.96. The Morgan fingerprint density at radius 2 is 1.96 bits per heavy atom. The average molecular weight is 327 g/mol. The second kappa shape index (κ2) is 5.81. The fourth-order valence-corrected chi connectivity index (χ4v) is 3.29. The van der Waals surface area contributed by atoms with E-state index in [0.717, 1.165) is 24.5 Å². The molecule has 2 heterocycles. The third kappa shape index (κ3) is 2.59. The Labute approximate surface area is 140 Å². The number of benzene rings is 1. The van der Waals surface area contributed by atoms with Crippen molar-refractivity contribution in [2.45, 2.75) is 6.04 Å². The van der Waals surface area contributed by atoms with Gasteiger partial charge in [0.1, 0.15) is 5.75 Å². The average Bonchev–Trinajstić information content (AvgIpc) is 3.04. The minimum atomic E-state index is 0.427. The maximum atomic E-state index is 6.20. The summed E-state index contributed by atoms with van der Waals surface area (Å²) in [5.74, 6) is 9.34. The van der Waals surface area contributed by atoms with E-state index in [2.05, 4.69) is 20.6 Å². The van der Waals surface area contributed by atoms with Crippen molar-refractivity contribution in [1.29, 1.82) is 0 Å². The van der Waals surface area contributed by atoms with E-state index >= 15 is 0 Å². The fourth-order valence-electron chi connectivity index (χ4n) is 3.29. The molecule has 2 fully saturated rings. The molecule has 1 aromatic heterocycles. The summed E-state index contributed by atoms with van der Waals surface area (Å²) in [4.78, 5) is 8.78. The van der Waals surface area contributed by atoms with Crippen LogP contribution < -0.4 is 32.0 Å². The van der Waals surface area contributed by atoms with Crippen molar-refractivity contribution in [3.63, 3.8) is 0 Å². The lowest BCUT2D eigenvalue weighted by molar-refractivity contribution is 0.415. The van der Waals surface area contributed by atoms with E-state index in [9.17, 15) is 0 Å². The first-order valence-corrected chi connectivity index (χ1v) is 7.96. The molecule has 2 aromatic rings. The van der Waals surface area contributed by atoms with E-state index < -0.39 is 0 Å². The SMILES string of the molecule is COc1ccc(N(N)c2nc(NC3C4CNCC43)ncc2N)cc1. The molecule has 2 atom stereocenters. The van der Waals surface area contributed by atoms with Crippen molar-refractivity contribution in [3.05, 3.63) is 30.5 Å². The summed E-state index contributed by atoms with van der Waals surface area (Å²) >= 11 is 0. The lowest BCUT2D eigenvalue weighted by Crippen LogP contribution is -2.28. The molecule has 4 rings (SSSR count). The zero-order chi connectivity index (χ0) is 16.7. The Hall–Kier alpha value is -2.58. The van der Waals surface area contributed by atoms with E-state index in [1.165, 1.54) is 5.01 Å². The highest BCUT2D eigenvalue weighted by atomic mass is 16.5. The highest BCUT2D eigenvalue weighted by molar-refractivity contribution is 5.70. The van der Waals surface area contributed by atoms with Gasteiger partial charge in [-0.3, -0.25) is 5.01 Å². The van der Waals surface area contributed by atoms with Crippen molar-refractivity contribution < 1.29 is 4.74 Å². The molecule has 1 saturated heterocycles. The Kier molecular flexibility index (Phi) is 3.62. The molecule has 0 radical (unpaired) electrons. The second-order valence-corrected chi connectivity index (χ2v) is 6.20. The van der Waals surface area contributed by atoms with E-state index in [1.807, 2.05) is 24.3 Å². The Balaban J connectivity index is 1.53. The van der Waals surface area contributed by atoms with Crippen LogP contribution in [0.15, 0.2) is 30.5 Å². The molecular weight excluding hydrogens is 306 g/mol. The summed E-state index contributed by atoms with van der Waals surface area (Å²) in [6.45, 7) is 2.11. The smallest absolute Gasteiger partial charge is 0.225 e. The number of hydrogen-bond acceptors (Lipinski definition) is 8. The third-order valence-corrected chi connectivity index (χ3v) is 4.76. The molecule has 2 unspecified atom stereocenters. The third-order valence-electron chi connectivity index (χ3n) is 4.76. The van der Waals surface area contributed by atoms with Gasteiger partial charge in [-0.1, -0.05) is 0 Å². The fraction of sp³-hybridized carbons (Fsp3) is 0.375. The summed E-state index contributed by atoms with van der Waals surface area (Å²) in [6, 6.07) is 7.82. The standard InChI is InChI=1S/C16H21N7O/c1-24-10-4-2-9(3-5-10)23(18)15-13(17)8-20-16(22-15)21-14-11-6-19-7-12(11)14/h2-5,8,11-12,14,19H,6-7,17-18H2,1H3,(H,20,21,22). The van der Waals surface area contributed by atoms with E-state index in [0.29, 0.717) is 35.3 Å². The van der Waals surface area contributed by atoms with Gasteiger partial charge in [0, 0.05) is 19.1 Å². The van der Waals surface area contributed by atoms with Crippen LogP contribution in [0.25, 0.3) is 0 Å². The number of rotatable bonds is 5. The number of nitrogen functional groups attached to an aromatic ring is 1. The minimum Gasteiger partial charge on any atom is -0.497 e. The van der Waals surface area contributed by atoms with Crippen LogP contribution in [0.3, 0.4) is 0 Å². The van der Waals surface area contributed by atoms with Crippen molar-refractivity contribution >= 4 is 23.1 Å². The number of nitrogens with two attached hydrogens (primary N) is 2. The molecule has 0 spiro atoms. The molecule has 1 saturated carbocycles. The number of hydrogen-bond donors (Lipinski definition) is 4. The van der Waals surface area contributed by atoms with Gasteiger partial charge in [0.25, 0.3) is 0 Å². The van der Waals surface area contributed by atoms with Crippen molar-refractivity contribution in [2.24, 2.45) is 17.7 Å². The predicted octanol–water partition coefficient (Wildman–Crippen LogP) is 0.709. The molecule has 0 amide bonds. The topological polar surface area (TPSA) is 114 Å². The second-order valence-electron chi connectivity index (χ2n) is 6.20. The van der Waals surface area contributed by atoms with Gasteiger partial charge in [-0.2, -0.15) is 4.98 Å². The molecule has 126 valence electrons. The van der Waals surface area contributed by atoms with Gasteiger partial charge in [0.15, 0.2) is 5.82 Å². The van der Waals surface area contributed by atoms with Crippen LogP contribution in [0, 0.1) is 11.8 Å². The molecule has 8 nitrogen and oxygen atoms in total. The summed E-state index contributed by atoms with van der Waals surface area (Å²) in [5, 5.41) is 8.21. The molecule has 8 heteroatoms. The van der Waals surface area contributed by atoms with Crippen molar-refractivity contribution in [3.8, 4) is 5.75 Å². The van der Waals surface area contributed by atoms with Crippen LogP contribution in [-0.2, 0) is 0 Å². The number of anilines is 4. The van der Waals surface area contributed by atoms with E-state index in [4.69, 9.17) is 16.3 Å². The molecular formula is C16H21N7O. The molecule has 6 N–H and O–H groups in total. The summed E-state index contributed by atoms with van der Waals surface area (Å²) in [7, 11) is 1.62. The largest absolute Gasteiger partial charge is 0.497 e. The van der Waals surface area contributed by atoms with Crippen LogP contribution in [-0.4, -0.2) is 36.2 Å². The Bertz CT molecular complexity index is 726. The van der Waals surface area contributed by atoms with Crippen LogP contribution in [0.1, 0.15) is 0 Å². The first-order chi connectivity index (χ1) is 11.7. The lowest BCUT2D eigenvalue weighted by atomic mass is 10.3. The number of hydrazine groups is 1. The zero-order valence-corrected chi connectivity index (χ0v) is 13.4. The normalized spacial score (nSPS) is 24.3. The van der Waals surface area contributed by atoms with Gasteiger partial charge < -0.3 is 21.1 Å². The van der Waals surface area contributed by atoms with Gasteiger partial charge in [-0.05, 0) is 36.1 Å². The van der Waals surface area contributed by atoms with Gasteiger partial charge in [-0.25, -0.2) is 10.8 Å². The highest BCUT2D eigenvalue weighted by Crippen LogP contribution is 2.43. The molecule has 1 aromatic carbocycles. The van der Waals surface area contributed by atoms with Gasteiger partial charge in [-0.15, -0.1) is 0 Å². The van der Waals surface area contributed by atoms with Gasteiger partial charge in [0.05, 0.1) is 24.7 Å². The molecule has 0 bridgehead atoms. The van der Waals surface area contributed by atoms with Crippen molar-refractivity contribution in [1.82, 2.24) is 15.3 Å². The number of ether oxygens (including phenoxy) is 1. The molecule has 1 aliphatic heterocycles. The lowest BCUT2D eigenvalue weighted by Gasteiger charge is -2.20. The number of nitrogens with one attached hydrogen (secondary N) is 2. The zero-order valence-electron chi connectivity index (χ0n) is 13.4. The Morgan fingerprint density at radius 3 is 2.62 bits per heavy atom. The molecule has 24 heavy (non-hydrogen) atoms. The number of fused-ring (bicyclic) bond motifs is 1. The quantitative estimate of drug-likeness (QED) is 0.469. The summed E-state index contributed by atoms with van der Waals surface area (Å²) < 4.78 is 5.16. The van der Waals surface area contributed by atoms with Gasteiger partial charge >= 0.3 is 0 Å². The number of aromatic nitrogens is 2. The van der Waals surface area contributed by atoms with E-state index in [1.54, 1.807) is 13.3 Å². The van der Waals surface area contributed by atoms with Crippen LogP contribution >= 0.6 is 0 Å².